The minimum absolute atomic E-state index is 1.13. The Hall–Kier alpha value is -3.52. The molecular weight excluding hydrogens is 364 g/mol. The van der Waals surface area contributed by atoms with Gasteiger partial charge in [0, 0.05) is 22.7 Å². The normalized spacial score (nSPS) is 10.0. The highest BCUT2D eigenvalue weighted by molar-refractivity contribution is 5.60. The molecule has 0 unspecified atom stereocenters. The van der Waals surface area contributed by atoms with E-state index in [4.69, 9.17) is 0 Å². The largest absolute Gasteiger partial charge is 0.356 e. The van der Waals surface area contributed by atoms with Gasteiger partial charge in [0.25, 0.3) is 0 Å². The molecule has 4 aromatic carbocycles. The Kier molecular flexibility index (Phi) is 7.29. The summed E-state index contributed by atoms with van der Waals surface area (Å²) < 4.78 is 0. The molecule has 0 spiro atoms. The van der Waals surface area contributed by atoms with Gasteiger partial charge < -0.3 is 10.6 Å². The molecule has 0 saturated carbocycles. The fourth-order valence-electron chi connectivity index (χ4n) is 2.88. The van der Waals surface area contributed by atoms with E-state index in [9.17, 15) is 0 Å². The molecule has 0 saturated heterocycles. The smallest absolute Gasteiger partial charge is 0.0384 e. The van der Waals surface area contributed by atoms with Crippen molar-refractivity contribution >= 4 is 22.7 Å². The molecule has 0 atom stereocenters. The lowest BCUT2D eigenvalue weighted by Gasteiger charge is -2.06. The van der Waals surface area contributed by atoms with E-state index in [1.54, 1.807) is 0 Å². The molecule has 0 bridgehead atoms. The molecular formula is C28H30N2. The van der Waals surface area contributed by atoms with Crippen LogP contribution in [-0.2, 0) is 0 Å². The summed E-state index contributed by atoms with van der Waals surface area (Å²) in [6.45, 7) is 8.37. The maximum Gasteiger partial charge on any atom is 0.0384 e. The zero-order valence-electron chi connectivity index (χ0n) is 18.2. The van der Waals surface area contributed by atoms with Crippen molar-refractivity contribution in [2.75, 3.05) is 10.6 Å². The van der Waals surface area contributed by atoms with Gasteiger partial charge in [-0.3, -0.25) is 0 Å². The van der Waals surface area contributed by atoms with Gasteiger partial charge in [0.05, 0.1) is 0 Å². The van der Waals surface area contributed by atoms with Crippen molar-refractivity contribution in [2.45, 2.75) is 27.7 Å². The average Bonchev–Trinajstić information content (AvgIpc) is 2.75. The quantitative estimate of drug-likeness (QED) is 0.365. The van der Waals surface area contributed by atoms with E-state index in [2.05, 4.69) is 135 Å². The molecule has 0 radical (unpaired) electrons. The van der Waals surface area contributed by atoms with E-state index in [1.807, 2.05) is 0 Å². The first-order valence-electron chi connectivity index (χ1n) is 10.3. The summed E-state index contributed by atoms with van der Waals surface area (Å²) in [6.07, 6.45) is 0. The molecule has 2 nitrogen and oxygen atoms in total. The van der Waals surface area contributed by atoms with E-state index >= 15 is 0 Å². The van der Waals surface area contributed by atoms with Crippen LogP contribution >= 0.6 is 0 Å². The monoisotopic (exact) mass is 394 g/mol. The van der Waals surface area contributed by atoms with Gasteiger partial charge in [-0.1, -0.05) is 70.8 Å². The molecule has 30 heavy (non-hydrogen) atoms. The molecule has 4 aromatic rings. The number of benzene rings is 4. The maximum absolute atomic E-state index is 3.36. The lowest BCUT2D eigenvalue weighted by atomic mass is 10.2. The summed E-state index contributed by atoms with van der Waals surface area (Å²) in [7, 11) is 0. The molecule has 152 valence electrons. The second-order valence-corrected chi connectivity index (χ2v) is 7.71. The Morgan fingerprint density at radius 1 is 0.300 bits per heavy atom. The van der Waals surface area contributed by atoms with Crippen LogP contribution in [0, 0.1) is 27.7 Å². The third-order valence-electron chi connectivity index (χ3n) is 4.78. The molecule has 0 aliphatic heterocycles. The van der Waals surface area contributed by atoms with Crippen LogP contribution in [0.4, 0.5) is 22.7 Å². The number of anilines is 4. The molecule has 4 rings (SSSR count). The van der Waals surface area contributed by atoms with Crippen LogP contribution in [0.25, 0.3) is 0 Å². The number of hydrogen-bond donors (Lipinski definition) is 2. The Bertz CT molecular complexity index is 854. The van der Waals surface area contributed by atoms with Crippen molar-refractivity contribution in [1.29, 1.82) is 0 Å². The maximum atomic E-state index is 3.36. The molecule has 0 fully saturated rings. The highest BCUT2D eigenvalue weighted by atomic mass is 14.9. The van der Waals surface area contributed by atoms with Crippen molar-refractivity contribution in [3.05, 3.63) is 119 Å². The fraction of sp³-hybridized carbons (Fsp3) is 0.143. The minimum Gasteiger partial charge on any atom is -0.356 e. The van der Waals surface area contributed by atoms with E-state index in [-0.39, 0.29) is 0 Å². The lowest BCUT2D eigenvalue weighted by Crippen LogP contribution is -1.89. The predicted octanol–water partition coefficient (Wildman–Crippen LogP) is 8.09. The second-order valence-electron chi connectivity index (χ2n) is 7.71. The first-order valence-corrected chi connectivity index (χ1v) is 10.3. The summed E-state index contributed by atoms with van der Waals surface area (Å²) in [5.41, 5.74) is 9.64. The summed E-state index contributed by atoms with van der Waals surface area (Å²) in [5, 5.41) is 6.72. The van der Waals surface area contributed by atoms with Crippen molar-refractivity contribution < 1.29 is 0 Å². The van der Waals surface area contributed by atoms with Crippen molar-refractivity contribution in [3.8, 4) is 0 Å². The van der Waals surface area contributed by atoms with E-state index in [1.165, 1.54) is 22.3 Å². The van der Waals surface area contributed by atoms with Crippen molar-refractivity contribution in [1.82, 2.24) is 0 Å². The zero-order chi connectivity index (χ0) is 21.3. The van der Waals surface area contributed by atoms with E-state index in [0.717, 1.165) is 22.7 Å². The minimum atomic E-state index is 1.13. The van der Waals surface area contributed by atoms with Crippen LogP contribution in [0.3, 0.4) is 0 Å². The predicted molar refractivity (Wildman–Crippen MR) is 131 cm³/mol. The van der Waals surface area contributed by atoms with Crippen LogP contribution in [-0.4, -0.2) is 0 Å². The van der Waals surface area contributed by atoms with Gasteiger partial charge in [-0.15, -0.1) is 0 Å². The number of nitrogens with one attached hydrogen (secondary N) is 2. The third-order valence-corrected chi connectivity index (χ3v) is 4.78. The lowest BCUT2D eigenvalue weighted by molar-refractivity contribution is 1.43. The highest BCUT2D eigenvalue weighted by Gasteiger charge is 1.94. The van der Waals surface area contributed by atoms with Crippen molar-refractivity contribution in [3.63, 3.8) is 0 Å². The Morgan fingerprint density at radius 2 is 0.467 bits per heavy atom. The van der Waals surface area contributed by atoms with E-state index < -0.39 is 0 Å². The van der Waals surface area contributed by atoms with Gasteiger partial charge in [0.2, 0.25) is 0 Å². The van der Waals surface area contributed by atoms with Crippen molar-refractivity contribution in [2.24, 2.45) is 0 Å². The fourth-order valence-corrected chi connectivity index (χ4v) is 2.88. The molecule has 0 heterocycles. The van der Waals surface area contributed by atoms with Gasteiger partial charge in [0.1, 0.15) is 0 Å². The molecule has 0 aliphatic carbocycles. The molecule has 2 heteroatoms. The number of aryl methyl sites for hydroxylation is 4. The van der Waals surface area contributed by atoms with Gasteiger partial charge in [-0.05, 0) is 76.2 Å². The second kappa shape index (κ2) is 10.3. The van der Waals surface area contributed by atoms with Crippen LogP contribution in [0.1, 0.15) is 22.3 Å². The highest BCUT2D eigenvalue weighted by Crippen LogP contribution is 2.18. The molecule has 2 N–H and O–H groups in total. The zero-order valence-corrected chi connectivity index (χ0v) is 18.2. The van der Waals surface area contributed by atoms with Gasteiger partial charge in [-0.2, -0.15) is 0 Å². The topological polar surface area (TPSA) is 24.1 Å². The van der Waals surface area contributed by atoms with Crippen LogP contribution in [0.2, 0.25) is 0 Å². The van der Waals surface area contributed by atoms with Gasteiger partial charge in [0.15, 0.2) is 0 Å². The Labute approximate surface area is 180 Å². The summed E-state index contributed by atoms with van der Waals surface area (Å²) >= 11 is 0. The Morgan fingerprint density at radius 3 is 0.633 bits per heavy atom. The van der Waals surface area contributed by atoms with Crippen LogP contribution in [0.5, 0.6) is 0 Å². The first kappa shape index (κ1) is 21.2. The van der Waals surface area contributed by atoms with Crippen LogP contribution < -0.4 is 10.6 Å². The number of hydrogen-bond acceptors (Lipinski definition) is 2. The van der Waals surface area contributed by atoms with Crippen LogP contribution in [0.15, 0.2) is 97.1 Å². The molecule has 0 amide bonds. The standard InChI is InChI=1S/2C14H15N/c2*1-11-3-7-13(8-4-11)15-14-9-5-12(2)6-10-14/h2*3-10,15H,1-2H3. The van der Waals surface area contributed by atoms with Gasteiger partial charge in [-0.25, -0.2) is 0 Å². The molecule has 0 aliphatic rings. The summed E-state index contributed by atoms with van der Waals surface area (Å²) in [6, 6.07) is 33.6. The summed E-state index contributed by atoms with van der Waals surface area (Å²) in [5.74, 6) is 0. The van der Waals surface area contributed by atoms with E-state index in [0.29, 0.717) is 0 Å². The summed E-state index contributed by atoms with van der Waals surface area (Å²) in [4.78, 5) is 0. The number of rotatable bonds is 4. The average molecular weight is 395 g/mol. The third kappa shape index (κ3) is 6.82. The SMILES string of the molecule is Cc1ccc(Nc2ccc(C)cc2)cc1.Cc1ccc(Nc2ccc(C)cc2)cc1. The Balaban J connectivity index is 0.000000171. The molecule has 0 aromatic heterocycles. The van der Waals surface area contributed by atoms with Gasteiger partial charge >= 0.3 is 0 Å². The first-order chi connectivity index (χ1) is 14.5.